The molecular weight excluding hydrogens is 282 g/mol. The molecule has 1 unspecified atom stereocenters. The van der Waals surface area contributed by atoms with Gasteiger partial charge in [0, 0.05) is 16.7 Å². The van der Waals surface area contributed by atoms with E-state index in [9.17, 15) is 0 Å². The highest BCUT2D eigenvalue weighted by atomic mass is 35.5. The van der Waals surface area contributed by atoms with Gasteiger partial charge >= 0.3 is 0 Å². The van der Waals surface area contributed by atoms with Gasteiger partial charge in [0.15, 0.2) is 0 Å². The fourth-order valence-corrected chi connectivity index (χ4v) is 3.57. The smallest absolute Gasteiger partial charge is 0.0541 e. The van der Waals surface area contributed by atoms with E-state index in [0.717, 1.165) is 28.5 Å². The monoisotopic (exact) mass is 297 g/mol. The normalized spacial score (nSPS) is 12.6. The summed E-state index contributed by atoms with van der Waals surface area (Å²) in [5.41, 5.74) is 7.51. The number of thiophene rings is 1. The Labute approximate surface area is 121 Å². The minimum absolute atomic E-state index is 0.214. The molecule has 0 radical (unpaired) electrons. The van der Waals surface area contributed by atoms with Crippen molar-refractivity contribution >= 4 is 34.7 Å². The van der Waals surface area contributed by atoms with Crippen LogP contribution in [0.2, 0.25) is 5.02 Å². The average Bonchev–Trinajstić information content (AvgIpc) is 2.88. The van der Waals surface area contributed by atoms with E-state index in [1.165, 1.54) is 5.56 Å². The maximum absolute atomic E-state index is 6.13. The van der Waals surface area contributed by atoms with Gasteiger partial charge in [-0.15, -0.1) is 11.8 Å². The summed E-state index contributed by atoms with van der Waals surface area (Å²) in [7, 11) is 0. The SMILES string of the molecule is NC(CCc1ccsc1)CSc1ccccc1Cl. The van der Waals surface area contributed by atoms with E-state index in [1.807, 2.05) is 24.3 Å². The number of aryl methyl sites for hydroxylation is 1. The van der Waals surface area contributed by atoms with Gasteiger partial charge in [-0.1, -0.05) is 23.7 Å². The number of benzene rings is 1. The zero-order valence-electron chi connectivity index (χ0n) is 10.0. The van der Waals surface area contributed by atoms with Crippen LogP contribution < -0.4 is 5.73 Å². The number of rotatable bonds is 6. The van der Waals surface area contributed by atoms with Crippen molar-refractivity contribution in [1.29, 1.82) is 0 Å². The van der Waals surface area contributed by atoms with Crippen LogP contribution in [-0.4, -0.2) is 11.8 Å². The lowest BCUT2D eigenvalue weighted by atomic mass is 10.1. The Morgan fingerprint density at radius 2 is 2.11 bits per heavy atom. The summed E-state index contributed by atoms with van der Waals surface area (Å²) in [6.07, 6.45) is 2.09. The minimum atomic E-state index is 0.214. The van der Waals surface area contributed by atoms with Gasteiger partial charge in [0.2, 0.25) is 0 Å². The zero-order chi connectivity index (χ0) is 12.8. The highest BCUT2D eigenvalue weighted by Gasteiger charge is 2.06. The molecule has 0 fully saturated rings. The third-order valence-electron chi connectivity index (χ3n) is 2.67. The number of hydrogen-bond donors (Lipinski definition) is 1. The summed E-state index contributed by atoms with van der Waals surface area (Å²) < 4.78 is 0. The van der Waals surface area contributed by atoms with Crippen molar-refractivity contribution in [3.63, 3.8) is 0 Å². The van der Waals surface area contributed by atoms with Crippen LogP contribution >= 0.6 is 34.7 Å². The lowest BCUT2D eigenvalue weighted by Gasteiger charge is -2.11. The molecule has 0 bridgehead atoms. The Morgan fingerprint density at radius 3 is 2.83 bits per heavy atom. The van der Waals surface area contributed by atoms with Crippen molar-refractivity contribution < 1.29 is 0 Å². The molecule has 96 valence electrons. The Kier molecular flexibility index (Phi) is 5.57. The second-order valence-corrected chi connectivity index (χ2v) is 6.42. The molecule has 2 N–H and O–H groups in total. The summed E-state index contributed by atoms with van der Waals surface area (Å²) in [6, 6.07) is 10.3. The maximum Gasteiger partial charge on any atom is 0.0541 e. The van der Waals surface area contributed by atoms with Crippen LogP contribution in [0.25, 0.3) is 0 Å². The molecule has 1 aromatic carbocycles. The molecule has 0 aliphatic heterocycles. The van der Waals surface area contributed by atoms with Crippen molar-refractivity contribution in [3.8, 4) is 0 Å². The molecule has 18 heavy (non-hydrogen) atoms. The Balaban J connectivity index is 1.75. The van der Waals surface area contributed by atoms with Crippen LogP contribution in [0.5, 0.6) is 0 Å². The predicted molar refractivity (Wildman–Crippen MR) is 82.8 cm³/mol. The van der Waals surface area contributed by atoms with Crippen molar-refractivity contribution in [3.05, 3.63) is 51.7 Å². The van der Waals surface area contributed by atoms with Crippen molar-refractivity contribution in [1.82, 2.24) is 0 Å². The van der Waals surface area contributed by atoms with Gasteiger partial charge in [-0.3, -0.25) is 0 Å². The lowest BCUT2D eigenvalue weighted by molar-refractivity contribution is 0.675. The van der Waals surface area contributed by atoms with E-state index in [4.69, 9.17) is 17.3 Å². The van der Waals surface area contributed by atoms with Crippen molar-refractivity contribution in [2.75, 3.05) is 5.75 Å². The van der Waals surface area contributed by atoms with Gasteiger partial charge in [0.25, 0.3) is 0 Å². The maximum atomic E-state index is 6.13. The molecular formula is C14H16ClNS2. The largest absolute Gasteiger partial charge is 0.327 e. The highest BCUT2D eigenvalue weighted by Crippen LogP contribution is 2.27. The second-order valence-electron chi connectivity index (χ2n) is 4.17. The van der Waals surface area contributed by atoms with E-state index in [2.05, 4.69) is 16.8 Å². The topological polar surface area (TPSA) is 26.0 Å². The molecule has 0 aliphatic carbocycles. The van der Waals surface area contributed by atoms with Gasteiger partial charge in [0.05, 0.1) is 5.02 Å². The zero-order valence-corrected chi connectivity index (χ0v) is 12.4. The van der Waals surface area contributed by atoms with E-state index < -0.39 is 0 Å². The van der Waals surface area contributed by atoms with E-state index in [0.29, 0.717) is 0 Å². The molecule has 0 amide bonds. The number of thioether (sulfide) groups is 1. The quantitative estimate of drug-likeness (QED) is 0.797. The first-order valence-electron chi connectivity index (χ1n) is 5.89. The first kappa shape index (κ1) is 13.9. The average molecular weight is 298 g/mol. The molecule has 4 heteroatoms. The number of nitrogens with two attached hydrogens (primary N) is 1. The fraction of sp³-hybridized carbons (Fsp3) is 0.286. The van der Waals surface area contributed by atoms with E-state index >= 15 is 0 Å². The first-order chi connectivity index (χ1) is 8.75. The number of halogens is 1. The Hall–Kier alpha value is -0.480. The van der Waals surface area contributed by atoms with Crippen LogP contribution in [0.15, 0.2) is 46.0 Å². The molecule has 1 atom stereocenters. The summed E-state index contributed by atoms with van der Waals surface area (Å²) in [4.78, 5) is 1.12. The van der Waals surface area contributed by atoms with Gasteiger partial charge in [0.1, 0.15) is 0 Å². The Morgan fingerprint density at radius 1 is 1.28 bits per heavy atom. The highest BCUT2D eigenvalue weighted by molar-refractivity contribution is 7.99. The van der Waals surface area contributed by atoms with E-state index in [1.54, 1.807) is 23.1 Å². The van der Waals surface area contributed by atoms with Crippen LogP contribution in [0, 0.1) is 0 Å². The second kappa shape index (κ2) is 7.19. The summed E-state index contributed by atoms with van der Waals surface area (Å²) in [5.74, 6) is 0.911. The number of hydrogen-bond acceptors (Lipinski definition) is 3. The molecule has 2 aromatic rings. The minimum Gasteiger partial charge on any atom is -0.327 e. The molecule has 1 nitrogen and oxygen atoms in total. The third-order valence-corrected chi connectivity index (χ3v) is 5.11. The third kappa shape index (κ3) is 4.32. The molecule has 0 saturated heterocycles. The molecule has 0 saturated carbocycles. The molecule has 1 aromatic heterocycles. The van der Waals surface area contributed by atoms with Crippen LogP contribution in [-0.2, 0) is 6.42 Å². The van der Waals surface area contributed by atoms with Crippen LogP contribution in [0.4, 0.5) is 0 Å². The Bertz CT molecular complexity index is 470. The van der Waals surface area contributed by atoms with Crippen molar-refractivity contribution in [2.45, 2.75) is 23.8 Å². The fourth-order valence-electron chi connectivity index (χ4n) is 1.63. The van der Waals surface area contributed by atoms with E-state index in [-0.39, 0.29) is 6.04 Å². The van der Waals surface area contributed by atoms with Gasteiger partial charge < -0.3 is 5.73 Å². The van der Waals surface area contributed by atoms with Crippen LogP contribution in [0.1, 0.15) is 12.0 Å². The molecule has 2 rings (SSSR count). The predicted octanol–water partition coefficient (Wildman–Crippen LogP) is 4.45. The summed E-state index contributed by atoms with van der Waals surface area (Å²) in [6.45, 7) is 0. The van der Waals surface area contributed by atoms with Gasteiger partial charge in [-0.05, 0) is 47.4 Å². The van der Waals surface area contributed by atoms with Gasteiger partial charge in [-0.2, -0.15) is 11.3 Å². The molecule has 1 heterocycles. The van der Waals surface area contributed by atoms with Crippen LogP contribution in [0.3, 0.4) is 0 Å². The first-order valence-corrected chi connectivity index (χ1v) is 8.20. The van der Waals surface area contributed by atoms with Crippen molar-refractivity contribution in [2.24, 2.45) is 5.73 Å². The summed E-state index contributed by atoms with van der Waals surface area (Å²) >= 11 is 9.58. The standard InChI is InChI=1S/C14H16ClNS2/c15-13-3-1-2-4-14(13)18-10-12(16)6-5-11-7-8-17-9-11/h1-4,7-9,12H,5-6,10,16H2. The lowest BCUT2D eigenvalue weighted by Crippen LogP contribution is -2.23. The molecule has 0 aliphatic rings. The molecule has 0 spiro atoms. The van der Waals surface area contributed by atoms with Gasteiger partial charge in [-0.25, -0.2) is 0 Å². The summed E-state index contributed by atoms with van der Waals surface area (Å²) in [5, 5.41) is 5.11.